The van der Waals surface area contributed by atoms with E-state index in [1.54, 1.807) is 0 Å². The van der Waals surface area contributed by atoms with Crippen LogP contribution in [0.25, 0.3) is 0 Å². The highest BCUT2D eigenvalue weighted by Gasteiger charge is 2.47. The number of hydrogen-bond acceptors (Lipinski definition) is 1. The van der Waals surface area contributed by atoms with Crippen LogP contribution in [0.15, 0.2) is 0 Å². The summed E-state index contributed by atoms with van der Waals surface area (Å²) in [7, 11) is 0. The second kappa shape index (κ2) is 2.06. The van der Waals surface area contributed by atoms with E-state index in [2.05, 4.69) is 6.92 Å². The minimum absolute atomic E-state index is 0.150. The molecule has 0 bridgehead atoms. The van der Waals surface area contributed by atoms with E-state index >= 15 is 0 Å². The molecular formula is C6H9ClO. The average Bonchev–Trinajstić information content (AvgIpc) is 2.40. The number of halogens is 1. The largest absolute Gasteiger partial charge is 0.303 e. The van der Waals surface area contributed by atoms with Gasteiger partial charge in [0.25, 0.3) is 0 Å². The fourth-order valence-electron chi connectivity index (χ4n) is 1.03. The molecule has 0 N–H and O–H groups in total. The van der Waals surface area contributed by atoms with Gasteiger partial charge in [0.2, 0.25) is 0 Å². The third-order valence-electron chi connectivity index (χ3n) is 1.76. The molecule has 3 atom stereocenters. The first-order valence-corrected chi connectivity index (χ1v) is 3.34. The van der Waals surface area contributed by atoms with E-state index in [0.29, 0.717) is 5.92 Å². The summed E-state index contributed by atoms with van der Waals surface area (Å²) in [6.45, 7) is 2.06. The predicted octanol–water partition coefficient (Wildman–Crippen LogP) is 1.45. The lowest BCUT2D eigenvalue weighted by Crippen LogP contribution is -1.78. The van der Waals surface area contributed by atoms with E-state index in [-0.39, 0.29) is 11.3 Å². The van der Waals surface area contributed by atoms with Gasteiger partial charge in [0.1, 0.15) is 6.29 Å². The van der Waals surface area contributed by atoms with Crippen LogP contribution in [0.5, 0.6) is 0 Å². The van der Waals surface area contributed by atoms with Gasteiger partial charge in [-0.25, -0.2) is 0 Å². The Hall–Kier alpha value is -0.0400. The van der Waals surface area contributed by atoms with Gasteiger partial charge in [-0.2, -0.15) is 0 Å². The summed E-state index contributed by atoms with van der Waals surface area (Å²) in [5.41, 5.74) is 0. The van der Waals surface area contributed by atoms with Crippen molar-refractivity contribution in [3.8, 4) is 0 Å². The number of aldehydes is 1. The smallest absolute Gasteiger partial charge is 0.124 e. The normalized spacial score (nSPS) is 44.0. The zero-order valence-electron chi connectivity index (χ0n) is 4.80. The van der Waals surface area contributed by atoms with Crippen molar-refractivity contribution in [3.63, 3.8) is 0 Å². The molecule has 0 aromatic heterocycles. The van der Waals surface area contributed by atoms with E-state index in [0.717, 1.165) is 12.7 Å². The van der Waals surface area contributed by atoms with Crippen LogP contribution < -0.4 is 0 Å². The lowest BCUT2D eigenvalue weighted by molar-refractivity contribution is -0.109. The van der Waals surface area contributed by atoms with Gasteiger partial charge < -0.3 is 4.79 Å². The zero-order valence-corrected chi connectivity index (χ0v) is 5.56. The van der Waals surface area contributed by atoms with Gasteiger partial charge in [0.15, 0.2) is 0 Å². The molecule has 3 unspecified atom stereocenters. The summed E-state index contributed by atoms with van der Waals surface area (Å²) >= 11 is 5.69. The van der Waals surface area contributed by atoms with Crippen LogP contribution in [0.4, 0.5) is 0 Å². The van der Waals surface area contributed by atoms with Gasteiger partial charge in [0.05, 0.1) is 0 Å². The molecule has 0 aliphatic heterocycles. The minimum Gasteiger partial charge on any atom is -0.303 e. The van der Waals surface area contributed by atoms with Crippen LogP contribution in [0.3, 0.4) is 0 Å². The molecule has 0 heterocycles. The van der Waals surface area contributed by atoms with Gasteiger partial charge >= 0.3 is 0 Å². The highest BCUT2D eigenvalue weighted by atomic mass is 35.5. The second-order valence-corrected chi connectivity index (χ2v) is 2.73. The van der Waals surface area contributed by atoms with Crippen LogP contribution in [0.1, 0.15) is 13.3 Å². The van der Waals surface area contributed by atoms with Crippen molar-refractivity contribution in [3.05, 3.63) is 0 Å². The summed E-state index contributed by atoms with van der Waals surface area (Å²) in [6.07, 6.45) is 2.00. The monoisotopic (exact) mass is 132 g/mol. The topological polar surface area (TPSA) is 17.1 Å². The van der Waals surface area contributed by atoms with E-state index in [9.17, 15) is 4.79 Å². The molecule has 1 saturated carbocycles. The molecule has 1 aliphatic rings. The number of hydrogen-bond donors (Lipinski definition) is 0. The Kier molecular flexibility index (Phi) is 1.57. The van der Waals surface area contributed by atoms with Crippen molar-refractivity contribution in [2.45, 2.75) is 18.7 Å². The molecule has 1 rings (SSSR count). The Balaban J connectivity index is 2.33. The maximum atomic E-state index is 10.1. The minimum atomic E-state index is 0.150. The molecule has 1 nitrogen and oxygen atoms in total. The maximum absolute atomic E-state index is 10.1. The summed E-state index contributed by atoms with van der Waals surface area (Å²) in [5, 5.41) is 0.150. The fraction of sp³-hybridized carbons (Fsp3) is 0.833. The fourth-order valence-corrected chi connectivity index (χ4v) is 1.54. The number of rotatable bonds is 2. The highest BCUT2D eigenvalue weighted by Crippen LogP contribution is 2.44. The van der Waals surface area contributed by atoms with Gasteiger partial charge in [-0.05, 0) is 5.92 Å². The molecule has 0 saturated heterocycles. The van der Waals surface area contributed by atoms with E-state index in [1.807, 2.05) is 0 Å². The van der Waals surface area contributed by atoms with Gasteiger partial charge in [-0.1, -0.05) is 13.3 Å². The summed E-state index contributed by atoms with van der Waals surface area (Å²) < 4.78 is 0. The van der Waals surface area contributed by atoms with Crippen molar-refractivity contribution in [2.24, 2.45) is 11.8 Å². The van der Waals surface area contributed by atoms with Crippen molar-refractivity contribution in [1.29, 1.82) is 0 Å². The summed E-state index contributed by atoms with van der Waals surface area (Å²) in [5.74, 6) is 0.649. The Labute approximate surface area is 54.0 Å². The molecule has 8 heavy (non-hydrogen) atoms. The third-order valence-corrected chi connectivity index (χ3v) is 2.37. The number of alkyl halides is 1. The van der Waals surface area contributed by atoms with Crippen molar-refractivity contribution >= 4 is 17.9 Å². The average molecular weight is 133 g/mol. The van der Waals surface area contributed by atoms with Crippen LogP contribution in [0, 0.1) is 11.8 Å². The van der Waals surface area contributed by atoms with Crippen molar-refractivity contribution in [1.82, 2.24) is 0 Å². The highest BCUT2D eigenvalue weighted by molar-refractivity contribution is 6.24. The van der Waals surface area contributed by atoms with Gasteiger partial charge in [-0.3, -0.25) is 0 Å². The summed E-state index contributed by atoms with van der Waals surface area (Å²) in [4.78, 5) is 10.1. The van der Waals surface area contributed by atoms with E-state index < -0.39 is 0 Å². The predicted molar refractivity (Wildman–Crippen MR) is 33.0 cm³/mol. The third kappa shape index (κ3) is 0.752. The quantitative estimate of drug-likeness (QED) is 0.411. The molecule has 0 spiro atoms. The Morgan fingerprint density at radius 1 is 1.75 bits per heavy atom. The van der Waals surface area contributed by atoms with Gasteiger partial charge in [-0.15, -0.1) is 11.6 Å². The Morgan fingerprint density at radius 2 is 2.38 bits per heavy atom. The maximum Gasteiger partial charge on any atom is 0.124 e. The van der Waals surface area contributed by atoms with Gasteiger partial charge in [0, 0.05) is 11.3 Å². The van der Waals surface area contributed by atoms with E-state index in [4.69, 9.17) is 11.6 Å². The van der Waals surface area contributed by atoms with Crippen LogP contribution >= 0.6 is 11.6 Å². The molecule has 0 aromatic carbocycles. The first kappa shape index (κ1) is 6.09. The number of carbonyl (C=O) groups is 1. The van der Waals surface area contributed by atoms with Crippen LogP contribution in [-0.4, -0.2) is 11.7 Å². The first-order valence-electron chi connectivity index (χ1n) is 2.90. The Morgan fingerprint density at radius 3 is 2.50 bits per heavy atom. The molecule has 1 fully saturated rings. The Bertz CT molecular complexity index is 103. The zero-order chi connectivity index (χ0) is 6.15. The number of carbonyl (C=O) groups excluding carboxylic acids is 1. The molecular weight excluding hydrogens is 124 g/mol. The van der Waals surface area contributed by atoms with Crippen molar-refractivity contribution in [2.75, 3.05) is 0 Å². The standard InChI is InChI=1S/C6H9ClO/c1-2-4-5(3-8)6(4)7/h3-6H,2H2,1H3. The van der Waals surface area contributed by atoms with Crippen LogP contribution in [-0.2, 0) is 4.79 Å². The molecule has 2 heteroatoms. The summed E-state index contributed by atoms with van der Waals surface area (Å²) in [6, 6.07) is 0. The van der Waals surface area contributed by atoms with E-state index in [1.165, 1.54) is 0 Å². The molecule has 0 amide bonds. The second-order valence-electron chi connectivity index (χ2n) is 2.23. The molecule has 46 valence electrons. The SMILES string of the molecule is CCC1C(Cl)C1C=O. The van der Waals surface area contributed by atoms with Crippen molar-refractivity contribution < 1.29 is 4.79 Å². The lowest BCUT2D eigenvalue weighted by Gasteiger charge is -1.79. The molecule has 0 aromatic rings. The molecule has 0 radical (unpaired) electrons. The lowest BCUT2D eigenvalue weighted by atomic mass is 10.3. The first-order chi connectivity index (χ1) is 3.81. The van der Waals surface area contributed by atoms with Crippen LogP contribution in [0.2, 0.25) is 0 Å². The molecule has 1 aliphatic carbocycles.